The first kappa shape index (κ1) is 35.2. The smallest absolute Gasteiger partial charge is 0.490 e. The van der Waals surface area contributed by atoms with Crippen molar-refractivity contribution >= 4 is 44.9 Å². The number of nitrogens with two attached hydrogens (primary N) is 1. The standard InChI is InChI=1S/C20H22BrN5O3.2C2HF3O2/c21-13-8-16-20(23-9-13)25-19(24-16)12-3-5-15(6-4-12)29-11-14(27)10-26-7-1-2-17(26)18(22)28;2*3-2(4,5)1(6)7/h3-6,8-9,14,17,27H,1-2,7,10-11H2,(H2,22,28)(H,23,24,25);2*(H,6,7)/t14?,17-;;/m0../s1. The minimum absolute atomic E-state index is 0.143. The zero-order valence-electron chi connectivity index (χ0n) is 21.7. The zero-order valence-corrected chi connectivity index (χ0v) is 23.3. The largest absolute Gasteiger partial charge is 0.491 e. The number of rotatable bonds is 7. The van der Waals surface area contributed by atoms with E-state index in [1.54, 1.807) is 6.20 Å². The summed E-state index contributed by atoms with van der Waals surface area (Å²) in [6.07, 6.45) is -7.48. The number of ether oxygens (including phenoxy) is 1. The first-order valence-corrected chi connectivity index (χ1v) is 12.7. The molecule has 1 aromatic carbocycles. The summed E-state index contributed by atoms with van der Waals surface area (Å²) >= 11 is 3.39. The number of likely N-dealkylation sites (tertiary alicyclic amines) is 1. The number of aliphatic carboxylic acids is 2. The molecule has 0 bridgehead atoms. The van der Waals surface area contributed by atoms with Gasteiger partial charge in [-0.3, -0.25) is 9.69 Å². The van der Waals surface area contributed by atoms with E-state index in [-0.39, 0.29) is 18.6 Å². The van der Waals surface area contributed by atoms with E-state index >= 15 is 0 Å². The number of imidazole rings is 1. The van der Waals surface area contributed by atoms with Crippen molar-refractivity contribution < 1.29 is 60.8 Å². The fourth-order valence-electron chi connectivity index (χ4n) is 3.60. The van der Waals surface area contributed by atoms with Gasteiger partial charge < -0.3 is 30.8 Å². The number of pyridine rings is 1. The van der Waals surface area contributed by atoms with Crippen LogP contribution in [-0.4, -0.2) is 97.2 Å². The van der Waals surface area contributed by atoms with Gasteiger partial charge in [-0.05, 0) is 65.6 Å². The highest BCUT2D eigenvalue weighted by Gasteiger charge is 2.39. The summed E-state index contributed by atoms with van der Waals surface area (Å²) in [5.74, 6) is -4.47. The molecule has 1 saturated heterocycles. The van der Waals surface area contributed by atoms with Gasteiger partial charge in [0.1, 0.15) is 29.8 Å². The number of hydrogen-bond donors (Lipinski definition) is 5. The third-order valence-corrected chi connectivity index (χ3v) is 5.93. The molecule has 12 nitrogen and oxygen atoms in total. The number of aliphatic hydroxyl groups excluding tert-OH is 1. The van der Waals surface area contributed by atoms with Crippen molar-refractivity contribution in [2.45, 2.75) is 37.3 Å². The van der Waals surface area contributed by atoms with Crippen LogP contribution in [0.3, 0.4) is 0 Å². The van der Waals surface area contributed by atoms with Crippen molar-refractivity contribution in [3.63, 3.8) is 0 Å². The summed E-state index contributed by atoms with van der Waals surface area (Å²) in [5.41, 5.74) is 7.84. The Balaban J connectivity index is 0.000000384. The summed E-state index contributed by atoms with van der Waals surface area (Å²) in [6.45, 7) is 1.28. The molecule has 6 N–H and O–H groups in total. The normalized spacial score (nSPS) is 16.0. The number of H-pyrrole nitrogens is 1. The molecule has 3 heterocycles. The highest BCUT2D eigenvalue weighted by atomic mass is 79.9. The number of amides is 1. The number of hydrogen-bond acceptors (Lipinski definition) is 8. The van der Waals surface area contributed by atoms with Crippen LogP contribution >= 0.6 is 15.9 Å². The number of fused-ring (bicyclic) bond motifs is 1. The predicted octanol–water partition coefficient (Wildman–Crippen LogP) is 3.34. The van der Waals surface area contributed by atoms with Gasteiger partial charge in [0, 0.05) is 22.8 Å². The number of nitrogens with one attached hydrogen (secondary N) is 1. The molecular formula is C24H24BrF6N5O7. The number of carboxylic acid groups (broad SMARTS) is 2. The Bertz CT molecular complexity index is 1380. The third-order valence-electron chi connectivity index (χ3n) is 5.50. The number of alkyl halides is 6. The van der Waals surface area contributed by atoms with Crippen LogP contribution in [0.2, 0.25) is 0 Å². The second-order valence-corrected chi connectivity index (χ2v) is 9.67. The van der Waals surface area contributed by atoms with Gasteiger partial charge in [0.05, 0.1) is 6.04 Å². The van der Waals surface area contributed by atoms with Crippen molar-refractivity contribution in [1.82, 2.24) is 19.9 Å². The van der Waals surface area contributed by atoms with E-state index in [0.29, 0.717) is 12.3 Å². The van der Waals surface area contributed by atoms with Gasteiger partial charge in [0.15, 0.2) is 5.65 Å². The lowest BCUT2D eigenvalue weighted by molar-refractivity contribution is -0.193. The zero-order chi connectivity index (χ0) is 32.5. The van der Waals surface area contributed by atoms with E-state index in [1.807, 2.05) is 35.2 Å². The van der Waals surface area contributed by atoms with Gasteiger partial charge in [-0.2, -0.15) is 26.3 Å². The number of benzene rings is 1. The lowest BCUT2D eigenvalue weighted by Gasteiger charge is -2.24. The van der Waals surface area contributed by atoms with Gasteiger partial charge in [0.25, 0.3) is 0 Å². The van der Waals surface area contributed by atoms with Crippen LogP contribution in [0.25, 0.3) is 22.6 Å². The second kappa shape index (κ2) is 15.0. The number of carbonyl (C=O) groups excluding carboxylic acids is 1. The monoisotopic (exact) mass is 687 g/mol. The molecular weight excluding hydrogens is 664 g/mol. The van der Waals surface area contributed by atoms with Crippen molar-refractivity contribution in [3.05, 3.63) is 41.0 Å². The van der Waals surface area contributed by atoms with Crippen molar-refractivity contribution in [2.75, 3.05) is 19.7 Å². The fourth-order valence-corrected chi connectivity index (χ4v) is 3.92. The van der Waals surface area contributed by atoms with Gasteiger partial charge in [-0.25, -0.2) is 19.6 Å². The molecule has 43 heavy (non-hydrogen) atoms. The SMILES string of the molecule is NC(=O)[C@@H]1CCCN1CC(O)COc1ccc(-c2nc3cc(Br)cnc3[nH]2)cc1.O=C(O)C(F)(F)F.O=C(O)C(F)(F)F. The molecule has 2 aromatic heterocycles. The summed E-state index contributed by atoms with van der Waals surface area (Å²) in [6, 6.07) is 9.09. The maximum Gasteiger partial charge on any atom is 0.490 e. The Morgan fingerprint density at radius 2 is 1.65 bits per heavy atom. The number of carboxylic acids is 2. The third kappa shape index (κ3) is 11.3. The number of halogens is 7. The first-order chi connectivity index (χ1) is 19.9. The fraction of sp³-hybridized carbons (Fsp3) is 0.375. The minimum Gasteiger partial charge on any atom is -0.491 e. The molecule has 0 spiro atoms. The van der Waals surface area contributed by atoms with Crippen LogP contribution < -0.4 is 10.5 Å². The lowest BCUT2D eigenvalue weighted by Crippen LogP contribution is -2.44. The number of aromatic nitrogens is 3. The summed E-state index contributed by atoms with van der Waals surface area (Å²) in [7, 11) is 0. The van der Waals surface area contributed by atoms with E-state index < -0.39 is 30.4 Å². The highest BCUT2D eigenvalue weighted by molar-refractivity contribution is 9.10. The van der Waals surface area contributed by atoms with Crippen LogP contribution in [0.15, 0.2) is 41.0 Å². The van der Waals surface area contributed by atoms with Gasteiger partial charge in [-0.15, -0.1) is 0 Å². The molecule has 1 amide bonds. The Hall–Kier alpha value is -3.97. The van der Waals surface area contributed by atoms with E-state index in [4.69, 9.17) is 30.3 Å². The van der Waals surface area contributed by atoms with Gasteiger partial charge in [-0.1, -0.05) is 0 Å². The van der Waals surface area contributed by atoms with E-state index in [0.717, 1.165) is 46.4 Å². The average molecular weight is 688 g/mol. The number of aromatic amines is 1. The molecule has 3 aromatic rings. The molecule has 236 valence electrons. The quantitative estimate of drug-likeness (QED) is 0.230. The van der Waals surface area contributed by atoms with Crippen molar-refractivity contribution in [1.29, 1.82) is 0 Å². The predicted molar refractivity (Wildman–Crippen MR) is 140 cm³/mol. The Morgan fingerprint density at radius 1 is 1.09 bits per heavy atom. The summed E-state index contributed by atoms with van der Waals surface area (Å²) in [4.78, 5) is 43.2. The number of nitrogens with zero attached hydrogens (tertiary/aromatic N) is 3. The molecule has 0 radical (unpaired) electrons. The summed E-state index contributed by atoms with van der Waals surface area (Å²) < 4.78 is 70.0. The van der Waals surface area contributed by atoms with Crippen LogP contribution in [0.5, 0.6) is 5.75 Å². The van der Waals surface area contributed by atoms with Crippen LogP contribution in [-0.2, 0) is 14.4 Å². The van der Waals surface area contributed by atoms with E-state index in [2.05, 4.69) is 30.9 Å². The van der Waals surface area contributed by atoms with Crippen molar-refractivity contribution in [3.8, 4) is 17.1 Å². The molecule has 1 aliphatic heterocycles. The van der Waals surface area contributed by atoms with Crippen LogP contribution in [0.1, 0.15) is 12.8 Å². The van der Waals surface area contributed by atoms with E-state index in [1.165, 1.54) is 0 Å². The topological polar surface area (TPSA) is 192 Å². The molecule has 4 rings (SSSR count). The molecule has 0 aliphatic carbocycles. The van der Waals surface area contributed by atoms with Crippen molar-refractivity contribution in [2.24, 2.45) is 5.73 Å². The van der Waals surface area contributed by atoms with Crippen LogP contribution in [0.4, 0.5) is 26.3 Å². The number of carbonyl (C=O) groups is 3. The van der Waals surface area contributed by atoms with Gasteiger partial charge in [0.2, 0.25) is 5.91 Å². The second-order valence-electron chi connectivity index (χ2n) is 8.76. The number of aliphatic hydroxyl groups is 1. The average Bonchev–Trinajstić information content (AvgIpc) is 3.54. The maximum absolute atomic E-state index is 11.4. The molecule has 2 atom stereocenters. The molecule has 0 saturated carbocycles. The Morgan fingerprint density at radius 3 is 2.16 bits per heavy atom. The van der Waals surface area contributed by atoms with Gasteiger partial charge >= 0.3 is 24.3 Å². The van der Waals surface area contributed by atoms with E-state index in [9.17, 15) is 36.2 Å². The molecule has 1 unspecified atom stereocenters. The molecule has 19 heteroatoms. The first-order valence-electron chi connectivity index (χ1n) is 11.9. The minimum atomic E-state index is -5.08. The Kier molecular flexibility index (Phi) is 12.3. The maximum atomic E-state index is 11.4. The highest BCUT2D eigenvalue weighted by Crippen LogP contribution is 2.24. The summed E-state index contributed by atoms with van der Waals surface area (Å²) in [5, 5.41) is 24.5. The number of primary amides is 1. The van der Waals surface area contributed by atoms with Crippen LogP contribution in [0, 0.1) is 0 Å². The Labute approximate surface area is 246 Å². The lowest BCUT2D eigenvalue weighted by atomic mass is 10.2. The number of β-amino-alcohol motifs (C(OH)–C–C–N with tert-alkyl or cyclic N) is 1. The molecule has 1 aliphatic rings. The molecule has 1 fully saturated rings.